The van der Waals surface area contributed by atoms with E-state index in [2.05, 4.69) is 5.32 Å². The molecule has 30 heavy (non-hydrogen) atoms. The van der Waals surface area contributed by atoms with E-state index in [1.165, 1.54) is 16.4 Å². The third-order valence-corrected chi connectivity index (χ3v) is 6.80. The highest BCUT2D eigenvalue weighted by Crippen LogP contribution is 2.30. The minimum atomic E-state index is -4.53. The quantitative estimate of drug-likeness (QED) is 0.773. The molecule has 1 aliphatic rings. The van der Waals surface area contributed by atoms with Gasteiger partial charge in [0, 0.05) is 25.3 Å². The molecule has 0 aliphatic carbocycles. The number of hydrogen-bond acceptors (Lipinski definition) is 3. The Morgan fingerprint density at radius 1 is 1.07 bits per heavy atom. The molecule has 0 radical (unpaired) electrons. The van der Waals surface area contributed by atoms with E-state index in [4.69, 9.17) is 0 Å². The summed E-state index contributed by atoms with van der Waals surface area (Å²) in [5, 5.41) is 2.35. The second-order valence-corrected chi connectivity index (χ2v) is 9.01. The van der Waals surface area contributed by atoms with Gasteiger partial charge in [-0.3, -0.25) is 4.79 Å². The average molecular weight is 441 g/mol. The van der Waals surface area contributed by atoms with Gasteiger partial charge in [-0.05, 0) is 42.7 Å². The Balaban J connectivity index is 1.68. The summed E-state index contributed by atoms with van der Waals surface area (Å²) in [6.45, 7) is 2.13. The van der Waals surface area contributed by atoms with E-state index in [9.17, 15) is 26.4 Å². The van der Waals surface area contributed by atoms with Gasteiger partial charge in [-0.15, -0.1) is 0 Å². The molecule has 1 heterocycles. The number of nitrogens with one attached hydrogen (secondary N) is 1. The van der Waals surface area contributed by atoms with E-state index < -0.39 is 34.4 Å². The standard InChI is InChI=1S/C20H22F3N3O3S/c1-15-6-2-3-7-16(15)13-25-10-5-11-26(30(25,28)29)14-19(27)24-18-9-4-8-17(12-18)20(21,22)23/h2-4,6-9,12H,5,10-11,13-14H2,1H3,(H,24,27). The first-order chi connectivity index (χ1) is 14.1. The molecule has 3 rings (SSSR count). The van der Waals surface area contributed by atoms with Crippen molar-refractivity contribution in [1.82, 2.24) is 8.61 Å². The summed E-state index contributed by atoms with van der Waals surface area (Å²) in [7, 11) is -3.87. The Kier molecular flexibility index (Phi) is 6.49. The van der Waals surface area contributed by atoms with E-state index in [-0.39, 0.29) is 18.8 Å². The second kappa shape index (κ2) is 8.75. The number of halogens is 3. The van der Waals surface area contributed by atoms with E-state index in [0.717, 1.165) is 27.6 Å². The predicted octanol–water partition coefficient (Wildman–Crippen LogP) is 3.41. The third-order valence-electron chi connectivity index (χ3n) is 4.87. The molecule has 0 aromatic heterocycles. The van der Waals surface area contributed by atoms with Crippen molar-refractivity contribution in [2.45, 2.75) is 26.1 Å². The molecule has 0 atom stereocenters. The minimum absolute atomic E-state index is 0.0407. The number of benzene rings is 2. The molecule has 1 aliphatic heterocycles. The highest BCUT2D eigenvalue weighted by molar-refractivity contribution is 7.86. The van der Waals surface area contributed by atoms with Crippen molar-refractivity contribution in [2.75, 3.05) is 25.0 Å². The number of rotatable bonds is 5. The fourth-order valence-corrected chi connectivity index (χ4v) is 4.88. The van der Waals surface area contributed by atoms with Gasteiger partial charge in [-0.25, -0.2) is 0 Å². The maximum atomic E-state index is 12.9. The number of hydrogen-bond donors (Lipinski definition) is 1. The molecule has 2 aromatic carbocycles. The summed E-state index contributed by atoms with van der Waals surface area (Å²) in [5.74, 6) is -0.698. The number of amides is 1. The van der Waals surface area contributed by atoms with Gasteiger partial charge in [0.25, 0.3) is 10.2 Å². The number of carbonyl (C=O) groups is 1. The van der Waals surface area contributed by atoms with Crippen LogP contribution in [0.1, 0.15) is 23.1 Å². The maximum Gasteiger partial charge on any atom is 0.416 e. The number of aryl methyl sites for hydroxylation is 1. The van der Waals surface area contributed by atoms with Crippen molar-refractivity contribution in [1.29, 1.82) is 0 Å². The van der Waals surface area contributed by atoms with Crippen LogP contribution in [0.25, 0.3) is 0 Å². The SMILES string of the molecule is Cc1ccccc1CN1CCCN(CC(=O)Nc2cccc(C(F)(F)F)c2)S1(=O)=O. The molecular formula is C20H22F3N3O3S. The minimum Gasteiger partial charge on any atom is -0.325 e. The van der Waals surface area contributed by atoms with Crippen LogP contribution < -0.4 is 5.32 Å². The number of anilines is 1. The molecule has 0 saturated carbocycles. The lowest BCUT2D eigenvalue weighted by Crippen LogP contribution is -2.51. The fourth-order valence-electron chi connectivity index (χ4n) is 3.25. The Bertz CT molecular complexity index is 1030. The van der Waals surface area contributed by atoms with Gasteiger partial charge < -0.3 is 5.32 Å². The van der Waals surface area contributed by atoms with Crippen LogP contribution in [0.4, 0.5) is 18.9 Å². The highest BCUT2D eigenvalue weighted by atomic mass is 32.2. The third kappa shape index (κ3) is 5.18. The van der Waals surface area contributed by atoms with Crippen LogP contribution in [-0.4, -0.2) is 42.6 Å². The molecule has 162 valence electrons. The van der Waals surface area contributed by atoms with Crippen molar-refractivity contribution in [3.63, 3.8) is 0 Å². The molecule has 6 nitrogen and oxygen atoms in total. The van der Waals surface area contributed by atoms with E-state index in [0.29, 0.717) is 13.0 Å². The lowest BCUT2D eigenvalue weighted by molar-refractivity contribution is -0.137. The molecule has 1 N–H and O–H groups in total. The van der Waals surface area contributed by atoms with Gasteiger partial charge in [0.15, 0.2) is 0 Å². The van der Waals surface area contributed by atoms with Crippen LogP contribution in [0, 0.1) is 6.92 Å². The normalized spacial score (nSPS) is 17.6. The molecule has 1 saturated heterocycles. The van der Waals surface area contributed by atoms with Crippen molar-refractivity contribution in [3.05, 3.63) is 65.2 Å². The Morgan fingerprint density at radius 2 is 1.77 bits per heavy atom. The zero-order valence-corrected chi connectivity index (χ0v) is 17.1. The average Bonchev–Trinajstić information content (AvgIpc) is 2.66. The molecule has 10 heteroatoms. The summed E-state index contributed by atoms with van der Waals surface area (Å²) in [6, 6.07) is 11.7. The van der Waals surface area contributed by atoms with E-state index in [1.54, 1.807) is 0 Å². The van der Waals surface area contributed by atoms with Gasteiger partial charge in [-0.1, -0.05) is 30.3 Å². The molecule has 1 fully saturated rings. The van der Waals surface area contributed by atoms with Gasteiger partial charge in [-0.2, -0.15) is 30.2 Å². The lowest BCUT2D eigenvalue weighted by atomic mass is 10.1. The largest absolute Gasteiger partial charge is 0.416 e. The van der Waals surface area contributed by atoms with Gasteiger partial charge in [0.05, 0.1) is 12.1 Å². The first-order valence-electron chi connectivity index (χ1n) is 9.34. The second-order valence-electron chi connectivity index (χ2n) is 7.08. The lowest BCUT2D eigenvalue weighted by Gasteiger charge is -2.34. The molecular weight excluding hydrogens is 419 g/mol. The topological polar surface area (TPSA) is 69.7 Å². The van der Waals surface area contributed by atoms with E-state index >= 15 is 0 Å². The van der Waals surface area contributed by atoms with Crippen molar-refractivity contribution in [2.24, 2.45) is 0 Å². The van der Waals surface area contributed by atoms with Gasteiger partial charge >= 0.3 is 6.18 Å². The Labute approximate surface area is 173 Å². The van der Waals surface area contributed by atoms with Crippen LogP contribution in [0.5, 0.6) is 0 Å². The summed E-state index contributed by atoms with van der Waals surface area (Å²) in [4.78, 5) is 12.3. The van der Waals surface area contributed by atoms with Crippen LogP contribution in [-0.2, 0) is 27.7 Å². The van der Waals surface area contributed by atoms with Crippen LogP contribution >= 0.6 is 0 Å². The molecule has 0 unspecified atom stereocenters. The highest BCUT2D eigenvalue weighted by Gasteiger charge is 2.35. The smallest absolute Gasteiger partial charge is 0.325 e. The monoisotopic (exact) mass is 441 g/mol. The fraction of sp³-hybridized carbons (Fsp3) is 0.350. The number of nitrogens with zero attached hydrogens (tertiary/aromatic N) is 2. The van der Waals surface area contributed by atoms with Gasteiger partial charge in [0.1, 0.15) is 0 Å². The molecule has 2 aromatic rings. The predicted molar refractivity (Wildman–Crippen MR) is 107 cm³/mol. The van der Waals surface area contributed by atoms with Gasteiger partial charge in [0.2, 0.25) is 5.91 Å². The Morgan fingerprint density at radius 3 is 2.47 bits per heavy atom. The first-order valence-corrected chi connectivity index (χ1v) is 10.7. The van der Waals surface area contributed by atoms with Crippen molar-refractivity contribution >= 4 is 21.8 Å². The zero-order valence-electron chi connectivity index (χ0n) is 16.3. The first kappa shape index (κ1) is 22.3. The maximum absolute atomic E-state index is 12.9. The van der Waals surface area contributed by atoms with Crippen LogP contribution in [0.3, 0.4) is 0 Å². The van der Waals surface area contributed by atoms with Crippen LogP contribution in [0.2, 0.25) is 0 Å². The zero-order chi connectivity index (χ0) is 21.9. The number of alkyl halides is 3. The molecule has 1 amide bonds. The van der Waals surface area contributed by atoms with Crippen molar-refractivity contribution in [3.8, 4) is 0 Å². The summed E-state index contributed by atoms with van der Waals surface area (Å²) < 4.78 is 66.7. The molecule has 0 bridgehead atoms. The van der Waals surface area contributed by atoms with E-state index in [1.807, 2.05) is 31.2 Å². The Hall–Kier alpha value is -2.43. The summed E-state index contributed by atoms with van der Waals surface area (Å²) in [5.41, 5.74) is 0.903. The van der Waals surface area contributed by atoms with Crippen molar-refractivity contribution < 1.29 is 26.4 Å². The van der Waals surface area contributed by atoms with Crippen LogP contribution in [0.15, 0.2) is 48.5 Å². The molecule has 0 spiro atoms. The summed E-state index contributed by atoms with van der Waals surface area (Å²) >= 11 is 0. The number of carbonyl (C=O) groups excluding carboxylic acids is 1. The summed E-state index contributed by atoms with van der Waals surface area (Å²) in [6.07, 6.45) is -3.99.